The molecule has 4 rings (SSSR count). The Labute approximate surface area is 189 Å². The van der Waals surface area contributed by atoms with Crippen LogP contribution in [0.15, 0.2) is 70.9 Å². The first-order valence-electron chi connectivity index (χ1n) is 9.52. The van der Waals surface area contributed by atoms with Gasteiger partial charge >= 0.3 is 5.97 Å². The van der Waals surface area contributed by atoms with E-state index in [0.717, 1.165) is 5.52 Å². The predicted molar refractivity (Wildman–Crippen MR) is 123 cm³/mol. The van der Waals surface area contributed by atoms with Gasteiger partial charge in [0.1, 0.15) is 11.8 Å². The highest BCUT2D eigenvalue weighted by Crippen LogP contribution is 2.43. The van der Waals surface area contributed by atoms with E-state index in [-0.39, 0.29) is 11.4 Å². The summed E-state index contributed by atoms with van der Waals surface area (Å²) in [6.07, 6.45) is 0. The van der Waals surface area contributed by atoms with Crippen molar-refractivity contribution in [1.29, 1.82) is 0 Å². The number of carbonyl (C=O) groups excluding carboxylic acids is 1. The van der Waals surface area contributed by atoms with Gasteiger partial charge in [0.05, 0.1) is 12.0 Å². The number of ether oxygens (including phenoxy) is 1. The number of aromatic nitrogens is 1. The lowest BCUT2D eigenvalue weighted by Crippen LogP contribution is -2.17. The molecule has 31 heavy (non-hydrogen) atoms. The Kier molecular flexibility index (Phi) is 5.92. The minimum Gasteiger partial charge on any atom is -0.468 e. The van der Waals surface area contributed by atoms with Crippen LogP contribution in [-0.4, -0.2) is 26.1 Å². The molecular formula is C23H20ClNO4S2. The first-order chi connectivity index (χ1) is 14.8. The summed E-state index contributed by atoms with van der Waals surface area (Å²) in [6, 6.07) is 17.4. The highest BCUT2D eigenvalue weighted by Gasteiger charge is 2.36. The van der Waals surface area contributed by atoms with Gasteiger partial charge in [0, 0.05) is 32.1 Å². The van der Waals surface area contributed by atoms with Crippen molar-refractivity contribution in [3.63, 3.8) is 0 Å². The molecule has 1 unspecified atom stereocenters. The fraction of sp³-hybridized carbons (Fsp3) is 0.174. The summed E-state index contributed by atoms with van der Waals surface area (Å²) in [6.45, 7) is 1.80. The van der Waals surface area contributed by atoms with Gasteiger partial charge in [0.25, 0.3) is 0 Å². The Hall–Kier alpha value is -2.61. The van der Waals surface area contributed by atoms with Crippen LogP contribution in [0.25, 0.3) is 10.9 Å². The summed E-state index contributed by atoms with van der Waals surface area (Å²) in [7, 11) is -2.46. The first-order valence-corrected chi connectivity index (χ1v) is 12.3. The van der Waals surface area contributed by atoms with Gasteiger partial charge in [-0.1, -0.05) is 35.9 Å². The number of methoxy groups -OCH3 is 1. The molecule has 0 spiro atoms. The third kappa shape index (κ3) is 3.89. The molecule has 0 N–H and O–H groups in total. The SMILES string of the molecule is COC(=O)Cn1c(C)c(C(c2cccs2)S(=O)(=O)c2ccccc2)c2cc(Cl)ccc21. The van der Waals surface area contributed by atoms with Crippen LogP contribution >= 0.6 is 22.9 Å². The average molecular weight is 474 g/mol. The lowest BCUT2D eigenvalue weighted by atomic mass is 10.1. The second-order valence-corrected chi connectivity index (χ2v) is 10.5. The zero-order valence-electron chi connectivity index (χ0n) is 16.9. The number of hydrogen-bond donors (Lipinski definition) is 0. The Morgan fingerprint density at radius 1 is 1.13 bits per heavy atom. The second-order valence-electron chi connectivity index (χ2n) is 7.08. The van der Waals surface area contributed by atoms with Crippen LogP contribution in [0.2, 0.25) is 5.02 Å². The lowest BCUT2D eigenvalue weighted by Gasteiger charge is -2.18. The summed E-state index contributed by atoms with van der Waals surface area (Å²) < 4.78 is 34.4. The fourth-order valence-electron chi connectivity index (χ4n) is 3.85. The number of hydrogen-bond acceptors (Lipinski definition) is 5. The number of thiophene rings is 1. The topological polar surface area (TPSA) is 65.4 Å². The Balaban J connectivity index is 2.05. The van der Waals surface area contributed by atoms with Crippen LogP contribution in [0.3, 0.4) is 0 Å². The molecular weight excluding hydrogens is 454 g/mol. The molecule has 0 saturated heterocycles. The number of nitrogens with zero attached hydrogens (tertiary/aromatic N) is 1. The molecule has 0 fully saturated rings. The van der Waals surface area contributed by atoms with Gasteiger partial charge in [-0.25, -0.2) is 8.42 Å². The predicted octanol–water partition coefficient (Wildman–Crippen LogP) is 5.40. The van der Waals surface area contributed by atoms with Crippen molar-refractivity contribution in [2.75, 3.05) is 7.11 Å². The van der Waals surface area contributed by atoms with Gasteiger partial charge in [-0.2, -0.15) is 0 Å². The molecule has 0 saturated carbocycles. The monoisotopic (exact) mass is 473 g/mol. The molecule has 0 aliphatic heterocycles. The van der Waals surface area contributed by atoms with Crippen LogP contribution in [0.4, 0.5) is 0 Å². The van der Waals surface area contributed by atoms with Crippen molar-refractivity contribution in [2.45, 2.75) is 23.6 Å². The van der Waals surface area contributed by atoms with Crippen molar-refractivity contribution < 1.29 is 17.9 Å². The molecule has 0 amide bonds. The molecule has 5 nitrogen and oxygen atoms in total. The number of sulfone groups is 1. The standard InChI is InChI=1S/C23H20ClNO4S2/c1-15-22(18-13-16(24)10-11-19(18)25(15)14-21(26)29-2)23(20-9-6-12-30-20)31(27,28)17-7-4-3-5-8-17/h3-13,23H,14H2,1-2H3. The quantitative estimate of drug-likeness (QED) is 0.351. The molecule has 160 valence electrons. The van der Waals surface area contributed by atoms with E-state index in [1.807, 2.05) is 24.4 Å². The van der Waals surface area contributed by atoms with E-state index >= 15 is 0 Å². The van der Waals surface area contributed by atoms with Crippen LogP contribution in [0, 0.1) is 6.92 Å². The Bertz CT molecular complexity index is 1340. The van der Waals surface area contributed by atoms with Crippen molar-refractivity contribution in [2.24, 2.45) is 0 Å². The Morgan fingerprint density at radius 3 is 2.52 bits per heavy atom. The largest absolute Gasteiger partial charge is 0.468 e. The minimum atomic E-state index is -3.79. The van der Waals surface area contributed by atoms with E-state index in [4.69, 9.17) is 16.3 Å². The maximum absolute atomic E-state index is 13.9. The number of rotatable bonds is 6. The van der Waals surface area contributed by atoms with E-state index in [2.05, 4.69) is 0 Å². The number of benzene rings is 2. The van der Waals surface area contributed by atoms with Crippen LogP contribution in [0.1, 0.15) is 21.4 Å². The summed E-state index contributed by atoms with van der Waals surface area (Å²) in [5.74, 6) is -0.417. The first kappa shape index (κ1) is 21.6. The zero-order chi connectivity index (χ0) is 22.2. The number of halogens is 1. The second kappa shape index (κ2) is 8.49. The number of fused-ring (bicyclic) bond motifs is 1. The molecule has 8 heteroatoms. The molecule has 2 aromatic carbocycles. The number of esters is 1. The van der Waals surface area contributed by atoms with Crippen molar-refractivity contribution in [3.8, 4) is 0 Å². The molecule has 4 aromatic rings. The van der Waals surface area contributed by atoms with Gasteiger partial charge in [0.2, 0.25) is 0 Å². The van der Waals surface area contributed by atoms with Crippen LogP contribution < -0.4 is 0 Å². The summed E-state index contributed by atoms with van der Waals surface area (Å²) in [5.41, 5.74) is 2.03. The molecule has 0 bridgehead atoms. The third-order valence-electron chi connectivity index (χ3n) is 5.29. The lowest BCUT2D eigenvalue weighted by molar-refractivity contribution is -0.141. The van der Waals surface area contributed by atoms with Gasteiger partial charge in [0.15, 0.2) is 9.84 Å². The fourth-order valence-corrected chi connectivity index (χ4v) is 7.08. The Morgan fingerprint density at radius 2 is 1.87 bits per heavy atom. The van der Waals surface area contributed by atoms with Gasteiger partial charge in [-0.3, -0.25) is 4.79 Å². The smallest absolute Gasteiger partial charge is 0.325 e. The van der Waals surface area contributed by atoms with E-state index < -0.39 is 21.1 Å². The molecule has 0 aliphatic carbocycles. The number of carbonyl (C=O) groups is 1. The summed E-state index contributed by atoms with van der Waals surface area (Å²) in [4.78, 5) is 13.0. The van der Waals surface area contributed by atoms with E-state index in [0.29, 0.717) is 26.5 Å². The summed E-state index contributed by atoms with van der Waals surface area (Å²) in [5, 5.41) is 2.12. The van der Waals surface area contributed by atoms with Gasteiger partial charge in [-0.05, 0) is 48.7 Å². The molecule has 2 aromatic heterocycles. The van der Waals surface area contributed by atoms with Crippen molar-refractivity contribution in [3.05, 3.63) is 87.2 Å². The van der Waals surface area contributed by atoms with Crippen LogP contribution in [-0.2, 0) is 25.9 Å². The average Bonchev–Trinajstić information content (AvgIpc) is 3.37. The van der Waals surface area contributed by atoms with E-state index in [1.54, 1.807) is 53.1 Å². The zero-order valence-corrected chi connectivity index (χ0v) is 19.3. The molecule has 0 aliphatic rings. The molecule has 0 radical (unpaired) electrons. The normalized spacial score (nSPS) is 12.7. The highest BCUT2D eigenvalue weighted by atomic mass is 35.5. The van der Waals surface area contributed by atoms with E-state index in [1.165, 1.54) is 18.4 Å². The van der Waals surface area contributed by atoms with Crippen LogP contribution in [0.5, 0.6) is 0 Å². The minimum absolute atomic E-state index is 0.0248. The van der Waals surface area contributed by atoms with Crippen molar-refractivity contribution >= 4 is 49.6 Å². The maximum atomic E-state index is 13.9. The highest BCUT2D eigenvalue weighted by molar-refractivity contribution is 7.92. The maximum Gasteiger partial charge on any atom is 0.325 e. The summed E-state index contributed by atoms with van der Waals surface area (Å²) >= 11 is 7.68. The molecule has 2 heterocycles. The van der Waals surface area contributed by atoms with Crippen molar-refractivity contribution in [1.82, 2.24) is 4.57 Å². The molecule has 1 atom stereocenters. The van der Waals surface area contributed by atoms with Gasteiger partial charge < -0.3 is 9.30 Å². The van der Waals surface area contributed by atoms with E-state index in [9.17, 15) is 13.2 Å². The van der Waals surface area contributed by atoms with Gasteiger partial charge in [-0.15, -0.1) is 11.3 Å². The third-order valence-corrected chi connectivity index (χ3v) is 8.66.